The van der Waals surface area contributed by atoms with E-state index >= 15 is 0 Å². The molecule has 1 aliphatic rings. The van der Waals surface area contributed by atoms with Gasteiger partial charge in [-0.2, -0.15) is 4.98 Å². The lowest BCUT2D eigenvalue weighted by Gasteiger charge is -2.35. The zero-order valence-corrected chi connectivity index (χ0v) is 16.7. The highest BCUT2D eigenvalue weighted by Gasteiger charge is 2.23. The first-order chi connectivity index (χ1) is 13.6. The molecule has 2 unspecified atom stereocenters. The molecule has 3 aromatic rings. The predicted octanol–water partition coefficient (Wildman–Crippen LogP) is 4.44. The minimum Gasteiger partial charge on any atom is -0.356 e. The van der Waals surface area contributed by atoms with Gasteiger partial charge in [0.1, 0.15) is 11.6 Å². The van der Waals surface area contributed by atoms with Crippen LogP contribution in [0, 0.1) is 17.7 Å². The second-order valence-corrected chi connectivity index (χ2v) is 8.30. The molecule has 1 aromatic carbocycles. The summed E-state index contributed by atoms with van der Waals surface area (Å²) >= 11 is 1.45. The van der Waals surface area contributed by atoms with Crippen molar-refractivity contribution in [2.24, 2.45) is 11.8 Å². The zero-order valence-electron chi connectivity index (χ0n) is 15.9. The normalized spacial score (nSPS) is 19.8. The summed E-state index contributed by atoms with van der Waals surface area (Å²) < 4.78 is 18.6. The van der Waals surface area contributed by atoms with E-state index in [2.05, 4.69) is 33.9 Å². The van der Waals surface area contributed by atoms with Gasteiger partial charge < -0.3 is 9.42 Å². The van der Waals surface area contributed by atoms with Crippen molar-refractivity contribution in [2.45, 2.75) is 31.2 Å². The average Bonchev–Trinajstić information content (AvgIpc) is 3.15. The Morgan fingerprint density at radius 1 is 1.18 bits per heavy atom. The molecule has 2 atom stereocenters. The molecule has 6 nitrogen and oxygen atoms in total. The molecule has 28 heavy (non-hydrogen) atoms. The second kappa shape index (κ2) is 8.26. The fourth-order valence-corrected chi connectivity index (χ4v) is 4.28. The van der Waals surface area contributed by atoms with Crippen LogP contribution in [0.4, 0.5) is 10.2 Å². The van der Waals surface area contributed by atoms with Gasteiger partial charge in [-0.1, -0.05) is 42.9 Å². The molecule has 1 fully saturated rings. The Morgan fingerprint density at radius 2 is 2.00 bits per heavy atom. The Morgan fingerprint density at radius 3 is 2.79 bits per heavy atom. The Bertz CT molecular complexity index is 940. The van der Waals surface area contributed by atoms with Gasteiger partial charge in [0.15, 0.2) is 5.16 Å². The molecular weight excluding hydrogens is 377 g/mol. The van der Waals surface area contributed by atoms with E-state index in [1.807, 2.05) is 6.07 Å². The molecule has 0 bridgehead atoms. The van der Waals surface area contributed by atoms with Crippen LogP contribution in [0.5, 0.6) is 0 Å². The Labute approximate surface area is 167 Å². The van der Waals surface area contributed by atoms with Crippen molar-refractivity contribution in [1.29, 1.82) is 0 Å². The number of halogens is 1. The van der Waals surface area contributed by atoms with Gasteiger partial charge in [0, 0.05) is 24.8 Å². The lowest BCUT2D eigenvalue weighted by atomic mass is 9.92. The molecule has 0 radical (unpaired) electrons. The molecule has 3 heterocycles. The molecule has 4 rings (SSSR count). The van der Waals surface area contributed by atoms with E-state index < -0.39 is 0 Å². The number of aromatic nitrogens is 4. The maximum atomic E-state index is 13.4. The maximum Gasteiger partial charge on any atom is 0.237 e. The van der Waals surface area contributed by atoms with Crippen LogP contribution >= 0.6 is 11.8 Å². The Kier molecular flexibility index (Phi) is 5.57. The summed E-state index contributed by atoms with van der Waals surface area (Å²) in [5.41, 5.74) is 0.589. The fraction of sp³-hybridized carbons (Fsp3) is 0.400. The summed E-state index contributed by atoms with van der Waals surface area (Å²) in [6.07, 6.45) is 3.05. The van der Waals surface area contributed by atoms with E-state index in [4.69, 9.17) is 9.51 Å². The summed E-state index contributed by atoms with van der Waals surface area (Å²) in [6, 6.07) is 8.10. The van der Waals surface area contributed by atoms with Crippen molar-refractivity contribution >= 4 is 17.6 Å². The van der Waals surface area contributed by atoms with Crippen molar-refractivity contribution in [3.05, 3.63) is 48.2 Å². The predicted molar refractivity (Wildman–Crippen MR) is 106 cm³/mol. The van der Waals surface area contributed by atoms with Crippen LogP contribution in [0.15, 0.2) is 46.2 Å². The SMILES string of the molecule is CC1CC(C)CN(c2ccnc(SCc3nc(-c4cccc(F)c4)no3)n2)C1. The average molecular weight is 399 g/mol. The van der Waals surface area contributed by atoms with E-state index in [1.54, 1.807) is 18.3 Å². The molecule has 0 N–H and O–H groups in total. The van der Waals surface area contributed by atoms with Crippen LogP contribution in [0.2, 0.25) is 0 Å². The summed E-state index contributed by atoms with van der Waals surface area (Å²) in [5, 5.41) is 4.61. The largest absolute Gasteiger partial charge is 0.356 e. The number of rotatable bonds is 5. The quantitative estimate of drug-likeness (QED) is 0.464. The second-order valence-electron chi connectivity index (χ2n) is 7.36. The van der Waals surface area contributed by atoms with Gasteiger partial charge in [-0.15, -0.1) is 0 Å². The standard InChI is InChI=1S/C20H22FN5OS/c1-13-8-14(2)11-26(10-13)17-6-7-22-20(23-17)28-12-18-24-19(25-27-18)15-4-3-5-16(21)9-15/h3-7,9,13-14H,8,10-12H2,1-2H3. The molecular formula is C20H22FN5OS. The summed E-state index contributed by atoms with van der Waals surface area (Å²) in [6.45, 7) is 6.61. The topological polar surface area (TPSA) is 67.9 Å². The lowest BCUT2D eigenvalue weighted by Crippen LogP contribution is -2.39. The molecule has 0 aliphatic carbocycles. The first-order valence-electron chi connectivity index (χ1n) is 9.36. The number of thioether (sulfide) groups is 1. The van der Waals surface area contributed by atoms with Crippen molar-refractivity contribution in [3.63, 3.8) is 0 Å². The first-order valence-corrected chi connectivity index (χ1v) is 10.3. The number of piperidine rings is 1. The van der Waals surface area contributed by atoms with Crippen molar-refractivity contribution in [3.8, 4) is 11.4 Å². The molecule has 0 amide bonds. The highest BCUT2D eigenvalue weighted by Crippen LogP contribution is 2.27. The number of hydrogen-bond acceptors (Lipinski definition) is 7. The summed E-state index contributed by atoms with van der Waals surface area (Å²) in [4.78, 5) is 15.7. The summed E-state index contributed by atoms with van der Waals surface area (Å²) in [5.74, 6) is 3.24. The number of hydrogen-bond donors (Lipinski definition) is 0. The highest BCUT2D eigenvalue weighted by atomic mass is 32.2. The fourth-order valence-electron chi connectivity index (χ4n) is 3.61. The zero-order chi connectivity index (χ0) is 19.5. The van der Waals surface area contributed by atoms with Gasteiger partial charge in [-0.3, -0.25) is 0 Å². The molecule has 1 aliphatic heterocycles. The first kappa shape index (κ1) is 18.9. The van der Waals surface area contributed by atoms with Crippen LogP contribution in [-0.2, 0) is 5.75 Å². The number of anilines is 1. The Balaban J connectivity index is 1.42. The minimum atomic E-state index is -0.329. The highest BCUT2D eigenvalue weighted by molar-refractivity contribution is 7.98. The minimum absolute atomic E-state index is 0.329. The molecule has 0 spiro atoms. The van der Waals surface area contributed by atoms with Gasteiger partial charge in [0.25, 0.3) is 0 Å². The van der Waals surface area contributed by atoms with Gasteiger partial charge in [-0.05, 0) is 36.5 Å². The van der Waals surface area contributed by atoms with E-state index in [9.17, 15) is 4.39 Å². The summed E-state index contributed by atoms with van der Waals surface area (Å²) in [7, 11) is 0. The number of benzene rings is 1. The van der Waals surface area contributed by atoms with Crippen LogP contribution in [-0.4, -0.2) is 33.2 Å². The third-order valence-corrected chi connectivity index (χ3v) is 5.53. The van der Waals surface area contributed by atoms with Gasteiger partial charge in [-0.25, -0.2) is 14.4 Å². The third-order valence-electron chi connectivity index (χ3n) is 4.69. The van der Waals surface area contributed by atoms with Gasteiger partial charge in [0.2, 0.25) is 11.7 Å². The van der Waals surface area contributed by atoms with Crippen molar-refractivity contribution in [2.75, 3.05) is 18.0 Å². The van der Waals surface area contributed by atoms with Crippen LogP contribution in [0.3, 0.4) is 0 Å². The maximum absolute atomic E-state index is 13.4. The van der Waals surface area contributed by atoms with Crippen LogP contribution in [0.1, 0.15) is 26.2 Å². The van der Waals surface area contributed by atoms with Crippen LogP contribution < -0.4 is 4.90 Å². The third kappa shape index (κ3) is 4.49. The molecule has 146 valence electrons. The smallest absolute Gasteiger partial charge is 0.237 e. The van der Waals surface area contributed by atoms with E-state index in [0.717, 1.165) is 18.9 Å². The van der Waals surface area contributed by atoms with E-state index in [1.165, 1.54) is 30.3 Å². The molecule has 0 saturated carbocycles. The van der Waals surface area contributed by atoms with Gasteiger partial charge in [0.05, 0.1) is 5.75 Å². The van der Waals surface area contributed by atoms with Gasteiger partial charge >= 0.3 is 0 Å². The molecule has 8 heteroatoms. The lowest BCUT2D eigenvalue weighted by molar-refractivity contribution is 0.355. The number of nitrogens with zero attached hydrogens (tertiary/aromatic N) is 5. The van der Waals surface area contributed by atoms with Crippen molar-refractivity contribution in [1.82, 2.24) is 20.1 Å². The Hall–Kier alpha value is -2.48. The van der Waals surface area contributed by atoms with Crippen LogP contribution in [0.25, 0.3) is 11.4 Å². The molecule has 1 saturated heterocycles. The monoisotopic (exact) mass is 399 g/mol. The van der Waals surface area contributed by atoms with E-state index in [0.29, 0.717) is 40.0 Å². The van der Waals surface area contributed by atoms with Crippen molar-refractivity contribution < 1.29 is 8.91 Å². The van der Waals surface area contributed by atoms with E-state index in [-0.39, 0.29) is 5.82 Å². The molecule has 2 aromatic heterocycles.